The summed E-state index contributed by atoms with van der Waals surface area (Å²) in [6.45, 7) is 3.18. The number of rotatable bonds is 8. The van der Waals surface area contributed by atoms with E-state index in [1.807, 2.05) is 0 Å². The molecule has 0 atom stereocenters. The van der Waals surface area contributed by atoms with Crippen LogP contribution in [0.3, 0.4) is 0 Å². The second kappa shape index (κ2) is 7.87. The summed E-state index contributed by atoms with van der Waals surface area (Å²) in [5, 5.41) is -0.472. The van der Waals surface area contributed by atoms with Gasteiger partial charge in [0.25, 0.3) is 0 Å². The number of carbonyl (C=O) groups is 1. The highest BCUT2D eigenvalue weighted by Crippen LogP contribution is 2.19. The maximum atomic E-state index is 11.5. The zero-order valence-corrected chi connectivity index (χ0v) is 13.1. The Balaban J connectivity index is 2.25. The summed E-state index contributed by atoms with van der Waals surface area (Å²) in [4.78, 5) is 11.4. The van der Waals surface area contributed by atoms with Crippen molar-refractivity contribution < 1.29 is 22.7 Å². The van der Waals surface area contributed by atoms with Gasteiger partial charge in [-0.3, -0.25) is 4.79 Å². The highest BCUT2D eigenvalue weighted by molar-refractivity contribution is 7.91. The van der Waals surface area contributed by atoms with Crippen molar-refractivity contribution in [3.05, 3.63) is 24.3 Å². The van der Waals surface area contributed by atoms with Gasteiger partial charge in [-0.15, -0.1) is 0 Å². The lowest BCUT2D eigenvalue weighted by atomic mass is 10.3. The molecule has 0 amide bonds. The van der Waals surface area contributed by atoms with Crippen molar-refractivity contribution in [1.82, 2.24) is 0 Å². The van der Waals surface area contributed by atoms with Crippen LogP contribution in [0.1, 0.15) is 20.3 Å². The fraction of sp³-hybridized carbons (Fsp3) is 0.500. The Kier molecular flexibility index (Phi) is 6.48. The van der Waals surface area contributed by atoms with Crippen molar-refractivity contribution >= 4 is 21.5 Å². The van der Waals surface area contributed by atoms with Crippen LogP contribution in [0.5, 0.6) is 5.75 Å². The predicted molar refractivity (Wildman–Crippen MR) is 80.8 cm³/mol. The third-order valence-corrected chi connectivity index (χ3v) is 5.00. The second-order valence-corrected chi connectivity index (χ2v) is 7.45. The van der Waals surface area contributed by atoms with Crippen LogP contribution in [0, 0.1) is 0 Å². The van der Waals surface area contributed by atoms with Gasteiger partial charge in [-0.1, -0.05) is 12.1 Å². The molecule has 7 heteroatoms. The van der Waals surface area contributed by atoms with E-state index in [9.17, 15) is 13.2 Å². The molecule has 0 aromatic heterocycles. The molecule has 118 valence electrons. The minimum Gasteiger partial charge on any atom is -0.491 e. The van der Waals surface area contributed by atoms with Gasteiger partial charge in [-0.05, 0) is 26.0 Å². The molecule has 2 N–H and O–H groups in total. The summed E-state index contributed by atoms with van der Waals surface area (Å²) in [5.74, 6) is -0.153. The van der Waals surface area contributed by atoms with Crippen molar-refractivity contribution in [2.75, 3.05) is 24.7 Å². The number of nitrogen functional groups attached to an aromatic ring is 1. The number of sulfone groups is 1. The van der Waals surface area contributed by atoms with Gasteiger partial charge in [0.1, 0.15) is 12.4 Å². The maximum absolute atomic E-state index is 11.5. The number of carbonyl (C=O) groups excluding carboxylic acids is 1. The van der Waals surface area contributed by atoms with E-state index in [1.165, 1.54) is 0 Å². The Bertz CT molecular complexity index is 568. The largest absolute Gasteiger partial charge is 0.491 e. The summed E-state index contributed by atoms with van der Waals surface area (Å²) in [5.41, 5.74) is 6.18. The lowest BCUT2D eigenvalue weighted by Gasteiger charge is -2.10. The summed E-state index contributed by atoms with van der Waals surface area (Å²) in [7, 11) is -3.19. The first-order valence-corrected chi connectivity index (χ1v) is 8.39. The van der Waals surface area contributed by atoms with Gasteiger partial charge in [0, 0.05) is 0 Å². The van der Waals surface area contributed by atoms with E-state index < -0.39 is 21.1 Å². The van der Waals surface area contributed by atoms with Gasteiger partial charge in [-0.25, -0.2) is 8.42 Å². The molecule has 0 aliphatic carbocycles. The number of hydrogen-bond donors (Lipinski definition) is 1. The fourth-order valence-electron chi connectivity index (χ4n) is 1.44. The van der Waals surface area contributed by atoms with Crippen LogP contribution in [-0.4, -0.2) is 38.6 Å². The third kappa shape index (κ3) is 6.03. The first-order valence-electron chi connectivity index (χ1n) is 6.67. The van der Waals surface area contributed by atoms with E-state index in [2.05, 4.69) is 0 Å². The van der Waals surface area contributed by atoms with E-state index in [1.54, 1.807) is 38.1 Å². The average Bonchev–Trinajstić information content (AvgIpc) is 2.40. The molecule has 1 aromatic carbocycles. The summed E-state index contributed by atoms with van der Waals surface area (Å²) in [6.07, 6.45) is 0.0378. The zero-order valence-electron chi connectivity index (χ0n) is 12.2. The minimum absolute atomic E-state index is 0.0378. The predicted octanol–water partition coefficient (Wildman–Crippen LogP) is 1.40. The van der Waals surface area contributed by atoms with Crippen molar-refractivity contribution in [2.45, 2.75) is 25.5 Å². The molecule has 0 spiro atoms. The van der Waals surface area contributed by atoms with Gasteiger partial charge >= 0.3 is 5.97 Å². The summed E-state index contributed by atoms with van der Waals surface area (Å²) >= 11 is 0. The number of hydrogen-bond acceptors (Lipinski definition) is 6. The molecule has 0 fully saturated rings. The minimum atomic E-state index is -3.19. The molecule has 6 nitrogen and oxygen atoms in total. The molecule has 0 heterocycles. The molecule has 0 bridgehead atoms. The van der Waals surface area contributed by atoms with Crippen LogP contribution in [0.25, 0.3) is 0 Å². The molecule has 0 aliphatic rings. The molecular weight excluding hydrogens is 294 g/mol. The van der Waals surface area contributed by atoms with E-state index in [4.69, 9.17) is 15.2 Å². The zero-order chi connectivity index (χ0) is 15.9. The maximum Gasteiger partial charge on any atom is 0.309 e. The smallest absolute Gasteiger partial charge is 0.309 e. The highest BCUT2D eigenvalue weighted by Gasteiger charge is 2.16. The lowest BCUT2D eigenvalue weighted by molar-refractivity contribution is -0.143. The molecular formula is C14H21NO5S. The van der Waals surface area contributed by atoms with Crippen molar-refractivity contribution in [3.8, 4) is 5.75 Å². The van der Waals surface area contributed by atoms with Crippen molar-refractivity contribution in [3.63, 3.8) is 0 Å². The molecule has 0 saturated heterocycles. The fourth-order valence-corrected chi connectivity index (χ4v) is 2.22. The number of para-hydroxylation sites is 2. The van der Waals surface area contributed by atoms with Crippen LogP contribution < -0.4 is 10.5 Å². The van der Waals surface area contributed by atoms with Crippen LogP contribution >= 0.6 is 0 Å². The number of benzene rings is 1. The van der Waals surface area contributed by atoms with E-state index in [0.29, 0.717) is 11.4 Å². The molecule has 0 unspecified atom stereocenters. The monoisotopic (exact) mass is 315 g/mol. The van der Waals surface area contributed by atoms with Crippen LogP contribution in [-0.2, 0) is 19.4 Å². The Hall–Kier alpha value is -1.76. The van der Waals surface area contributed by atoms with E-state index in [-0.39, 0.29) is 25.4 Å². The van der Waals surface area contributed by atoms with E-state index >= 15 is 0 Å². The van der Waals surface area contributed by atoms with Crippen molar-refractivity contribution in [1.29, 1.82) is 0 Å². The second-order valence-electron chi connectivity index (χ2n) is 4.77. The Morgan fingerprint density at radius 3 is 2.52 bits per heavy atom. The molecule has 0 aliphatic heterocycles. The Morgan fingerprint density at radius 2 is 1.90 bits per heavy atom. The SMILES string of the molecule is CC(C)S(=O)(=O)CCOC(=O)CCOc1ccccc1N. The standard InChI is InChI=1S/C14H21NO5S/c1-11(2)21(17,18)10-9-20-14(16)7-8-19-13-6-4-3-5-12(13)15/h3-6,11H,7-10,15H2,1-2H3. The topological polar surface area (TPSA) is 95.7 Å². The van der Waals surface area contributed by atoms with Gasteiger partial charge in [0.15, 0.2) is 9.84 Å². The molecule has 0 radical (unpaired) electrons. The number of anilines is 1. The third-order valence-electron chi connectivity index (χ3n) is 2.83. The summed E-state index contributed by atoms with van der Waals surface area (Å²) in [6, 6.07) is 6.96. The van der Waals surface area contributed by atoms with Gasteiger partial charge in [0.2, 0.25) is 0 Å². The van der Waals surface area contributed by atoms with Crippen LogP contribution in [0.15, 0.2) is 24.3 Å². The Labute approximate surface area is 125 Å². The number of esters is 1. The van der Waals surface area contributed by atoms with Crippen LogP contribution in [0.2, 0.25) is 0 Å². The summed E-state index contributed by atoms with van der Waals surface area (Å²) < 4.78 is 33.3. The first-order chi connectivity index (χ1) is 9.83. The van der Waals surface area contributed by atoms with Crippen LogP contribution in [0.4, 0.5) is 5.69 Å². The van der Waals surface area contributed by atoms with Gasteiger partial charge in [0.05, 0.1) is 29.7 Å². The Morgan fingerprint density at radius 1 is 1.24 bits per heavy atom. The van der Waals surface area contributed by atoms with E-state index in [0.717, 1.165) is 0 Å². The first kappa shape index (κ1) is 17.3. The molecule has 1 aromatic rings. The normalized spacial score (nSPS) is 11.4. The number of ether oxygens (including phenoxy) is 2. The van der Waals surface area contributed by atoms with Crippen molar-refractivity contribution in [2.24, 2.45) is 0 Å². The molecule has 0 saturated carbocycles. The average molecular weight is 315 g/mol. The van der Waals surface area contributed by atoms with Gasteiger partial charge < -0.3 is 15.2 Å². The molecule has 21 heavy (non-hydrogen) atoms. The highest BCUT2D eigenvalue weighted by atomic mass is 32.2. The molecule has 1 rings (SSSR count). The number of nitrogens with two attached hydrogens (primary N) is 1. The lowest BCUT2D eigenvalue weighted by Crippen LogP contribution is -2.22. The quantitative estimate of drug-likeness (QED) is 0.575. The van der Waals surface area contributed by atoms with Gasteiger partial charge in [-0.2, -0.15) is 0 Å².